The lowest BCUT2D eigenvalue weighted by Crippen LogP contribution is -2.46. The number of rotatable bonds is 5. The van der Waals surface area contributed by atoms with Gasteiger partial charge < -0.3 is 14.8 Å². The summed E-state index contributed by atoms with van der Waals surface area (Å²) in [5.41, 5.74) is 0.194. The van der Waals surface area contributed by atoms with Crippen molar-refractivity contribution in [2.75, 3.05) is 6.61 Å². The van der Waals surface area contributed by atoms with E-state index in [4.69, 9.17) is 32.7 Å². The molecule has 1 fully saturated rings. The molecule has 0 aromatic heterocycles. The number of hydrogen-bond donors (Lipinski definition) is 1. The second kappa shape index (κ2) is 7.85. The molecule has 8 heteroatoms. The summed E-state index contributed by atoms with van der Waals surface area (Å²) in [6.07, 6.45) is -0.610. The number of benzene rings is 1. The number of amides is 1. The topological polar surface area (TPSA) is 81.7 Å². The molecular formula is C16H17Cl2NO5. The summed E-state index contributed by atoms with van der Waals surface area (Å²) in [6.45, 7) is 3.72. The van der Waals surface area contributed by atoms with Gasteiger partial charge in [0.05, 0.1) is 17.2 Å². The van der Waals surface area contributed by atoms with Gasteiger partial charge in [0.15, 0.2) is 0 Å². The minimum absolute atomic E-state index is 0.176. The first-order valence-corrected chi connectivity index (χ1v) is 8.18. The molecule has 0 aliphatic carbocycles. The predicted molar refractivity (Wildman–Crippen MR) is 88.0 cm³/mol. The average Bonchev–Trinajstić information content (AvgIpc) is 2.89. The van der Waals surface area contributed by atoms with Gasteiger partial charge in [-0.2, -0.15) is 0 Å². The van der Waals surface area contributed by atoms with Gasteiger partial charge in [0.1, 0.15) is 6.04 Å². The number of cyclic esters (lactones) is 1. The summed E-state index contributed by atoms with van der Waals surface area (Å²) in [5, 5.41) is 3.16. The Hall–Kier alpha value is -1.79. The lowest BCUT2D eigenvalue weighted by atomic mass is 10.0. The van der Waals surface area contributed by atoms with Crippen molar-refractivity contribution < 1.29 is 23.9 Å². The van der Waals surface area contributed by atoms with Crippen LogP contribution in [0.1, 0.15) is 30.6 Å². The zero-order valence-corrected chi connectivity index (χ0v) is 14.7. The van der Waals surface area contributed by atoms with Crippen LogP contribution in [0.2, 0.25) is 10.0 Å². The third-order valence-corrected chi connectivity index (χ3v) is 4.08. The van der Waals surface area contributed by atoms with Crippen LogP contribution in [0.5, 0.6) is 0 Å². The number of ether oxygens (including phenoxy) is 2. The van der Waals surface area contributed by atoms with Crippen molar-refractivity contribution in [3.8, 4) is 0 Å². The minimum Gasteiger partial charge on any atom is -0.463 e. The molecule has 1 saturated heterocycles. The molecule has 130 valence electrons. The summed E-state index contributed by atoms with van der Waals surface area (Å²) in [7, 11) is 0. The Bertz CT molecular complexity index is 662. The molecule has 1 N–H and O–H groups in total. The van der Waals surface area contributed by atoms with Crippen LogP contribution >= 0.6 is 23.2 Å². The molecule has 1 amide bonds. The van der Waals surface area contributed by atoms with E-state index in [0.29, 0.717) is 11.4 Å². The molecule has 1 aliphatic heterocycles. The highest BCUT2D eigenvalue weighted by Gasteiger charge is 2.34. The fourth-order valence-electron chi connectivity index (χ4n) is 2.19. The van der Waals surface area contributed by atoms with Crippen molar-refractivity contribution >= 4 is 41.0 Å². The first-order chi connectivity index (χ1) is 11.3. The van der Waals surface area contributed by atoms with Gasteiger partial charge in [-0.15, -0.1) is 0 Å². The largest absolute Gasteiger partial charge is 0.463 e. The standard InChI is InChI=1S/C16H17Cl2NO5/c1-8(2)13(16(22)24-12-5-6-23-15(12)21)19-14(20)10-4-3-9(17)7-11(10)18/h3-4,7-8,12-13H,5-6H2,1-2H3,(H,19,20)/t12-,13+/m1/s1. The highest BCUT2D eigenvalue weighted by Crippen LogP contribution is 2.21. The van der Waals surface area contributed by atoms with E-state index in [0.717, 1.165) is 0 Å². The van der Waals surface area contributed by atoms with Crippen LogP contribution in [0.25, 0.3) is 0 Å². The van der Waals surface area contributed by atoms with Crippen LogP contribution in [-0.2, 0) is 19.1 Å². The molecule has 0 saturated carbocycles. The Morgan fingerprint density at radius 3 is 2.58 bits per heavy atom. The predicted octanol–water partition coefficient (Wildman–Crippen LogP) is 2.61. The van der Waals surface area contributed by atoms with E-state index in [9.17, 15) is 14.4 Å². The molecule has 2 atom stereocenters. The van der Waals surface area contributed by atoms with Crippen molar-refractivity contribution in [1.82, 2.24) is 5.32 Å². The highest BCUT2D eigenvalue weighted by molar-refractivity contribution is 6.36. The third kappa shape index (κ3) is 4.39. The number of carbonyl (C=O) groups excluding carboxylic acids is 3. The average molecular weight is 374 g/mol. The van der Waals surface area contributed by atoms with Gasteiger partial charge in [0, 0.05) is 11.4 Å². The van der Waals surface area contributed by atoms with Crippen LogP contribution in [0, 0.1) is 5.92 Å². The summed E-state index contributed by atoms with van der Waals surface area (Å²) in [6, 6.07) is 3.52. The van der Waals surface area contributed by atoms with Crippen LogP contribution < -0.4 is 5.32 Å². The first-order valence-electron chi connectivity index (χ1n) is 7.42. The van der Waals surface area contributed by atoms with E-state index < -0.39 is 30.0 Å². The van der Waals surface area contributed by atoms with Crippen molar-refractivity contribution in [2.24, 2.45) is 5.92 Å². The molecule has 0 spiro atoms. The Morgan fingerprint density at radius 2 is 2.04 bits per heavy atom. The fraction of sp³-hybridized carbons (Fsp3) is 0.438. The number of halogens is 2. The quantitative estimate of drug-likeness (QED) is 0.802. The van der Waals surface area contributed by atoms with E-state index >= 15 is 0 Å². The number of nitrogens with one attached hydrogen (secondary N) is 1. The monoisotopic (exact) mass is 373 g/mol. The van der Waals surface area contributed by atoms with Gasteiger partial charge in [-0.1, -0.05) is 37.0 Å². The summed E-state index contributed by atoms with van der Waals surface area (Å²) < 4.78 is 9.90. The van der Waals surface area contributed by atoms with Gasteiger partial charge in [0.25, 0.3) is 5.91 Å². The molecular weight excluding hydrogens is 357 g/mol. The van der Waals surface area contributed by atoms with Gasteiger partial charge in [-0.3, -0.25) is 4.79 Å². The Morgan fingerprint density at radius 1 is 1.33 bits per heavy atom. The lowest BCUT2D eigenvalue weighted by molar-refractivity contribution is -0.162. The number of esters is 2. The van der Waals surface area contributed by atoms with Gasteiger partial charge >= 0.3 is 11.9 Å². The normalized spacial score (nSPS) is 18.2. The Kier molecular flexibility index (Phi) is 6.07. The molecule has 1 aliphatic rings. The summed E-state index contributed by atoms with van der Waals surface area (Å²) >= 11 is 11.8. The van der Waals surface area contributed by atoms with Crippen molar-refractivity contribution in [1.29, 1.82) is 0 Å². The number of hydrogen-bond acceptors (Lipinski definition) is 5. The van der Waals surface area contributed by atoms with Crippen molar-refractivity contribution in [3.05, 3.63) is 33.8 Å². The lowest BCUT2D eigenvalue weighted by Gasteiger charge is -2.22. The van der Waals surface area contributed by atoms with E-state index in [1.54, 1.807) is 13.8 Å². The maximum atomic E-state index is 12.4. The van der Waals surface area contributed by atoms with Crippen LogP contribution in [0.4, 0.5) is 0 Å². The third-order valence-electron chi connectivity index (χ3n) is 3.53. The molecule has 1 heterocycles. The zero-order valence-electron chi connectivity index (χ0n) is 13.2. The summed E-state index contributed by atoms with van der Waals surface area (Å²) in [4.78, 5) is 36.1. The molecule has 1 aromatic carbocycles. The van der Waals surface area contributed by atoms with Crippen LogP contribution in [0.15, 0.2) is 18.2 Å². The van der Waals surface area contributed by atoms with Gasteiger partial charge in [0.2, 0.25) is 6.10 Å². The zero-order chi connectivity index (χ0) is 17.9. The van der Waals surface area contributed by atoms with E-state index in [-0.39, 0.29) is 23.1 Å². The molecule has 6 nitrogen and oxygen atoms in total. The van der Waals surface area contributed by atoms with E-state index in [1.807, 2.05) is 0 Å². The molecule has 24 heavy (non-hydrogen) atoms. The summed E-state index contributed by atoms with van der Waals surface area (Å²) in [5.74, 6) is -2.03. The molecule has 1 aromatic rings. The van der Waals surface area contributed by atoms with E-state index in [1.165, 1.54) is 18.2 Å². The van der Waals surface area contributed by atoms with Gasteiger partial charge in [-0.05, 0) is 24.1 Å². The van der Waals surface area contributed by atoms with Crippen molar-refractivity contribution in [3.63, 3.8) is 0 Å². The maximum Gasteiger partial charge on any atom is 0.347 e. The minimum atomic E-state index is -0.922. The second-order valence-electron chi connectivity index (χ2n) is 5.70. The molecule has 2 rings (SSSR count). The molecule has 0 bridgehead atoms. The van der Waals surface area contributed by atoms with Gasteiger partial charge in [-0.25, -0.2) is 9.59 Å². The van der Waals surface area contributed by atoms with E-state index in [2.05, 4.69) is 5.32 Å². The van der Waals surface area contributed by atoms with Crippen LogP contribution in [0.3, 0.4) is 0 Å². The Labute approximate surface area is 149 Å². The Balaban J connectivity index is 2.08. The first kappa shape index (κ1) is 18.5. The maximum absolute atomic E-state index is 12.4. The smallest absolute Gasteiger partial charge is 0.347 e. The molecule has 0 unspecified atom stereocenters. The second-order valence-corrected chi connectivity index (χ2v) is 6.54. The van der Waals surface area contributed by atoms with Crippen molar-refractivity contribution in [2.45, 2.75) is 32.4 Å². The number of carbonyl (C=O) groups is 3. The molecule has 0 radical (unpaired) electrons. The fourth-order valence-corrected chi connectivity index (χ4v) is 2.68. The SMILES string of the molecule is CC(C)[C@H](NC(=O)c1ccc(Cl)cc1Cl)C(=O)O[C@@H]1CCOC1=O. The van der Waals surface area contributed by atoms with Crippen LogP contribution in [-0.4, -0.2) is 36.6 Å². The highest BCUT2D eigenvalue weighted by atomic mass is 35.5.